The lowest BCUT2D eigenvalue weighted by Gasteiger charge is -2.37. The average Bonchev–Trinajstić information content (AvgIpc) is 2.74. The lowest BCUT2D eigenvalue weighted by molar-refractivity contribution is -0.192. The topological polar surface area (TPSA) is 127 Å². The molecule has 1 aliphatic heterocycles. The number of alkyl halides is 3. The zero-order valence-corrected chi connectivity index (χ0v) is 19.2. The Labute approximate surface area is 198 Å². The van der Waals surface area contributed by atoms with Gasteiger partial charge in [-0.15, -0.1) is 0 Å². The predicted octanol–water partition coefficient (Wildman–Crippen LogP) is 2.85. The zero-order chi connectivity index (χ0) is 26.4. The molecule has 0 amide bonds. The molecule has 1 saturated heterocycles. The highest BCUT2D eigenvalue weighted by atomic mass is 32.2. The Hall–Kier alpha value is -3.39. The van der Waals surface area contributed by atoms with E-state index >= 15 is 0 Å². The van der Waals surface area contributed by atoms with Crippen LogP contribution >= 0.6 is 0 Å². The standard InChI is InChI=1S/C19H22FN3O4S.C2HF3O2/c1-28(26,27)21-17-12-14(19(24)25)6-7-18(17)23-10-8-22(9-11-23)13-15-4-2-3-5-16(15)20;3-2(4,5)1(6)7/h2-7,12,21H,8-11,13H2,1H3,(H,24,25);(H,6,7). The van der Waals surface area contributed by atoms with Crippen molar-refractivity contribution in [3.63, 3.8) is 0 Å². The van der Waals surface area contributed by atoms with Crippen LogP contribution in [0.15, 0.2) is 42.5 Å². The third-order valence-corrected chi connectivity index (χ3v) is 5.44. The van der Waals surface area contributed by atoms with Crippen LogP contribution in [0.5, 0.6) is 0 Å². The minimum absolute atomic E-state index is 0.00749. The Kier molecular flexibility index (Phi) is 9.04. The maximum absolute atomic E-state index is 13.8. The first-order chi connectivity index (χ1) is 16.2. The van der Waals surface area contributed by atoms with Gasteiger partial charge < -0.3 is 15.1 Å². The summed E-state index contributed by atoms with van der Waals surface area (Å²) in [4.78, 5) is 24.2. The molecule has 0 spiro atoms. The molecule has 192 valence electrons. The summed E-state index contributed by atoms with van der Waals surface area (Å²) in [6.07, 6.45) is -4.06. The molecule has 0 aliphatic carbocycles. The summed E-state index contributed by atoms with van der Waals surface area (Å²) in [6.45, 7) is 3.08. The molecule has 0 saturated carbocycles. The normalized spacial score (nSPS) is 14.6. The number of carboxylic acid groups (broad SMARTS) is 2. The van der Waals surface area contributed by atoms with Crippen molar-refractivity contribution in [2.45, 2.75) is 12.7 Å². The molecular formula is C21H23F4N3O6S. The fraction of sp³-hybridized carbons (Fsp3) is 0.333. The number of sulfonamides is 1. The van der Waals surface area contributed by atoms with Crippen LogP contribution in [-0.2, 0) is 21.4 Å². The van der Waals surface area contributed by atoms with Crippen LogP contribution < -0.4 is 9.62 Å². The summed E-state index contributed by atoms with van der Waals surface area (Å²) >= 11 is 0. The molecule has 1 fully saturated rings. The smallest absolute Gasteiger partial charge is 0.478 e. The van der Waals surface area contributed by atoms with E-state index in [0.717, 1.165) is 6.26 Å². The van der Waals surface area contributed by atoms with Crippen molar-refractivity contribution in [2.75, 3.05) is 42.1 Å². The van der Waals surface area contributed by atoms with Crippen molar-refractivity contribution in [2.24, 2.45) is 0 Å². The highest BCUT2D eigenvalue weighted by Gasteiger charge is 2.38. The summed E-state index contributed by atoms with van der Waals surface area (Å²) in [5.74, 6) is -4.11. The van der Waals surface area contributed by atoms with Crippen molar-refractivity contribution < 1.29 is 45.8 Å². The van der Waals surface area contributed by atoms with Gasteiger partial charge in [-0.05, 0) is 24.3 Å². The van der Waals surface area contributed by atoms with Crippen LogP contribution in [0, 0.1) is 5.82 Å². The summed E-state index contributed by atoms with van der Waals surface area (Å²) in [5, 5.41) is 16.3. The van der Waals surface area contributed by atoms with Gasteiger partial charge in [0.25, 0.3) is 0 Å². The molecule has 35 heavy (non-hydrogen) atoms. The number of halogens is 4. The van der Waals surface area contributed by atoms with Gasteiger partial charge in [0.05, 0.1) is 23.2 Å². The van der Waals surface area contributed by atoms with Crippen LogP contribution in [0.25, 0.3) is 0 Å². The maximum Gasteiger partial charge on any atom is 0.490 e. The van der Waals surface area contributed by atoms with Crippen LogP contribution in [0.4, 0.5) is 28.9 Å². The van der Waals surface area contributed by atoms with Gasteiger partial charge >= 0.3 is 18.1 Å². The monoisotopic (exact) mass is 521 g/mol. The molecular weight excluding hydrogens is 498 g/mol. The number of carbonyl (C=O) groups is 2. The number of carboxylic acids is 2. The van der Waals surface area contributed by atoms with Gasteiger partial charge in [0.15, 0.2) is 0 Å². The van der Waals surface area contributed by atoms with E-state index in [1.807, 2.05) is 11.0 Å². The zero-order valence-electron chi connectivity index (χ0n) is 18.4. The first-order valence-electron chi connectivity index (χ1n) is 10.0. The molecule has 3 N–H and O–H groups in total. The lowest BCUT2D eigenvalue weighted by Crippen LogP contribution is -2.46. The average molecular weight is 521 g/mol. The first-order valence-corrected chi connectivity index (χ1v) is 11.9. The molecule has 0 aromatic heterocycles. The Balaban J connectivity index is 0.000000540. The third-order valence-electron chi connectivity index (χ3n) is 4.85. The molecule has 0 bridgehead atoms. The molecule has 1 heterocycles. The number of aliphatic carboxylic acids is 1. The van der Waals surface area contributed by atoms with E-state index in [1.165, 1.54) is 18.2 Å². The van der Waals surface area contributed by atoms with Crippen molar-refractivity contribution in [3.05, 3.63) is 59.4 Å². The molecule has 0 atom stereocenters. The Morgan fingerprint density at radius 2 is 1.60 bits per heavy atom. The third kappa shape index (κ3) is 8.72. The van der Waals surface area contributed by atoms with Gasteiger partial charge in [-0.25, -0.2) is 22.4 Å². The number of aromatic carboxylic acids is 1. The molecule has 14 heteroatoms. The number of nitrogens with zero attached hydrogens (tertiary/aromatic N) is 2. The second-order valence-electron chi connectivity index (χ2n) is 7.57. The second-order valence-corrected chi connectivity index (χ2v) is 9.32. The van der Waals surface area contributed by atoms with Crippen LogP contribution in [0.3, 0.4) is 0 Å². The molecule has 2 aromatic carbocycles. The Bertz CT molecular complexity index is 1170. The number of hydrogen-bond acceptors (Lipinski definition) is 6. The molecule has 3 rings (SSSR count). The number of anilines is 2. The van der Waals surface area contributed by atoms with Gasteiger partial charge in [0.1, 0.15) is 5.82 Å². The fourth-order valence-corrected chi connectivity index (χ4v) is 3.80. The quantitative estimate of drug-likeness (QED) is 0.496. The number of benzene rings is 2. The second kappa shape index (κ2) is 11.4. The summed E-state index contributed by atoms with van der Waals surface area (Å²) in [6, 6.07) is 11.1. The Morgan fingerprint density at radius 3 is 2.09 bits per heavy atom. The molecule has 2 aromatic rings. The van der Waals surface area contributed by atoms with Crippen LogP contribution in [0.2, 0.25) is 0 Å². The Morgan fingerprint density at radius 1 is 1.03 bits per heavy atom. The van der Waals surface area contributed by atoms with E-state index in [2.05, 4.69) is 9.62 Å². The molecule has 1 aliphatic rings. The van der Waals surface area contributed by atoms with Gasteiger partial charge in [-0.2, -0.15) is 13.2 Å². The highest BCUT2D eigenvalue weighted by molar-refractivity contribution is 7.92. The summed E-state index contributed by atoms with van der Waals surface area (Å²) in [7, 11) is -3.56. The van der Waals surface area contributed by atoms with E-state index in [-0.39, 0.29) is 17.1 Å². The van der Waals surface area contributed by atoms with Crippen molar-refractivity contribution in [1.82, 2.24) is 4.90 Å². The molecule has 0 unspecified atom stereocenters. The van der Waals surface area contributed by atoms with E-state index in [4.69, 9.17) is 9.90 Å². The van der Waals surface area contributed by atoms with Crippen molar-refractivity contribution in [1.29, 1.82) is 0 Å². The predicted molar refractivity (Wildman–Crippen MR) is 119 cm³/mol. The van der Waals surface area contributed by atoms with Crippen LogP contribution in [0.1, 0.15) is 15.9 Å². The van der Waals surface area contributed by atoms with E-state index in [0.29, 0.717) is 44.0 Å². The minimum Gasteiger partial charge on any atom is -0.478 e. The first kappa shape index (κ1) is 27.9. The summed E-state index contributed by atoms with van der Waals surface area (Å²) < 4.78 is 71.4. The van der Waals surface area contributed by atoms with Gasteiger partial charge in [-0.1, -0.05) is 18.2 Å². The number of hydrogen-bond donors (Lipinski definition) is 3. The van der Waals surface area contributed by atoms with E-state index < -0.39 is 28.1 Å². The van der Waals surface area contributed by atoms with Crippen molar-refractivity contribution >= 4 is 33.3 Å². The minimum atomic E-state index is -5.08. The highest BCUT2D eigenvalue weighted by Crippen LogP contribution is 2.29. The number of nitrogens with one attached hydrogen (secondary N) is 1. The lowest BCUT2D eigenvalue weighted by atomic mass is 10.1. The number of rotatable bonds is 6. The van der Waals surface area contributed by atoms with Crippen LogP contribution in [-0.4, -0.2) is 74.1 Å². The van der Waals surface area contributed by atoms with Gasteiger partial charge in [0.2, 0.25) is 10.0 Å². The maximum atomic E-state index is 13.8. The van der Waals surface area contributed by atoms with Crippen molar-refractivity contribution in [3.8, 4) is 0 Å². The van der Waals surface area contributed by atoms with Gasteiger partial charge in [-0.3, -0.25) is 9.62 Å². The largest absolute Gasteiger partial charge is 0.490 e. The van der Waals surface area contributed by atoms with Gasteiger partial charge in [0, 0.05) is 38.3 Å². The fourth-order valence-electron chi connectivity index (χ4n) is 3.24. The van der Waals surface area contributed by atoms with E-state index in [9.17, 15) is 35.9 Å². The summed E-state index contributed by atoms with van der Waals surface area (Å²) in [5.41, 5.74) is 1.51. The SMILES string of the molecule is CS(=O)(=O)Nc1cc(C(=O)O)ccc1N1CCN(Cc2ccccc2F)CC1.O=C(O)C(F)(F)F. The number of piperazine rings is 1. The van der Waals surface area contributed by atoms with E-state index in [1.54, 1.807) is 18.2 Å². The molecule has 0 radical (unpaired) electrons. The molecule has 9 nitrogen and oxygen atoms in total.